The number of nitrogens with one attached hydrogen (secondary N) is 1. The largest absolute Gasteiger partial charge is 0.492 e. The highest BCUT2D eigenvalue weighted by atomic mass is 35.5. The van der Waals surface area contributed by atoms with Gasteiger partial charge in [0.1, 0.15) is 18.3 Å². The molecule has 174 valence electrons. The number of nitrogens with zero attached hydrogens (tertiary/aromatic N) is 4. The molecular weight excluding hydrogens is 482 g/mol. The Hall–Kier alpha value is -3.83. The molecular formula is C22H18ClN5O5S. The second-order valence-electron chi connectivity index (χ2n) is 7.22. The van der Waals surface area contributed by atoms with Crippen LogP contribution in [0.5, 0.6) is 5.75 Å². The molecule has 1 aliphatic rings. The van der Waals surface area contributed by atoms with E-state index in [-0.39, 0.29) is 23.0 Å². The zero-order valence-corrected chi connectivity index (χ0v) is 19.3. The number of amides is 2. The van der Waals surface area contributed by atoms with Crippen molar-refractivity contribution < 1.29 is 22.7 Å². The molecule has 0 saturated carbocycles. The predicted octanol–water partition coefficient (Wildman–Crippen LogP) is 2.98. The van der Waals surface area contributed by atoms with E-state index in [1.807, 2.05) is 0 Å². The van der Waals surface area contributed by atoms with Crippen LogP contribution in [-0.2, 0) is 14.8 Å². The number of hydrazone groups is 1. The van der Waals surface area contributed by atoms with Crippen molar-refractivity contribution >= 4 is 45.1 Å². The van der Waals surface area contributed by atoms with Gasteiger partial charge >= 0.3 is 0 Å². The molecule has 1 atom stereocenters. The molecule has 0 aliphatic carbocycles. The molecule has 34 heavy (non-hydrogen) atoms. The van der Waals surface area contributed by atoms with Gasteiger partial charge in [-0.05, 0) is 61.5 Å². The molecule has 10 nitrogen and oxygen atoms in total. The summed E-state index contributed by atoms with van der Waals surface area (Å²) < 4.78 is 32.9. The number of aromatic nitrogens is 2. The second-order valence-corrected chi connectivity index (χ2v) is 9.34. The zero-order chi connectivity index (χ0) is 24.3. The van der Waals surface area contributed by atoms with Crippen molar-refractivity contribution in [2.75, 3.05) is 11.3 Å². The fourth-order valence-corrected chi connectivity index (χ4v) is 4.16. The van der Waals surface area contributed by atoms with E-state index in [1.165, 1.54) is 48.8 Å². The molecule has 0 saturated heterocycles. The highest BCUT2D eigenvalue weighted by Gasteiger charge is 2.38. The van der Waals surface area contributed by atoms with Crippen LogP contribution >= 0.6 is 11.6 Å². The maximum absolute atomic E-state index is 12.8. The smallest absolute Gasteiger partial charge is 0.281 e. The fraction of sp³-hybridized carbons (Fsp3) is 0.136. The summed E-state index contributed by atoms with van der Waals surface area (Å²) in [5.41, 5.74) is 0.709. The topological polar surface area (TPSA) is 131 Å². The third kappa shape index (κ3) is 5.05. The van der Waals surface area contributed by atoms with E-state index in [0.29, 0.717) is 16.5 Å². The molecule has 3 aromatic rings. The van der Waals surface area contributed by atoms with Crippen molar-refractivity contribution in [3.63, 3.8) is 0 Å². The number of carbonyl (C=O) groups excluding carboxylic acids is 2. The summed E-state index contributed by atoms with van der Waals surface area (Å²) in [6.45, 7) is 1.56. The van der Waals surface area contributed by atoms with E-state index >= 15 is 0 Å². The summed E-state index contributed by atoms with van der Waals surface area (Å²) in [6.07, 6.45) is 2.84. The molecule has 0 bridgehead atoms. The lowest BCUT2D eigenvalue weighted by atomic mass is 10.1. The second kappa shape index (κ2) is 9.57. The van der Waals surface area contributed by atoms with Gasteiger partial charge in [0.25, 0.3) is 21.8 Å². The van der Waals surface area contributed by atoms with E-state index in [1.54, 1.807) is 25.1 Å². The minimum Gasteiger partial charge on any atom is -0.492 e. The van der Waals surface area contributed by atoms with Crippen LogP contribution in [0.15, 0.2) is 77.0 Å². The summed E-state index contributed by atoms with van der Waals surface area (Å²) in [7, 11) is -3.88. The van der Waals surface area contributed by atoms with Crippen LogP contribution in [0.1, 0.15) is 17.3 Å². The maximum atomic E-state index is 12.8. The normalized spacial score (nSPS) is 15.7. The van der Waals surface area contributed by atoms with Crippen molar-refractivity contribution in [2.45, 2.75) is 11.8 Å². The number of rotatable bonds is 7. The number of carbonyl (C=O) groups is 2. The molecule has 0 fully saturated rings. The Balaban J connectivity index is 1.39. The van der Waals surface area contributed by atoms with Crippen LogP contribution in [0.4, 0.5) is 5.95 Å². The number of anilines is 1. The first-order valence-electron chi connectivity index (χ1n) is 9.96. The Morgan fingerprint density at radius 2 is 1.74 bits per heavy atom. The maximum Gasteiger partial charge on any atom is 0.281 e. The standard InChI is InChI=1S/C22H18ClN5O5S/c1-14-19(21(30)28(26-14)20(29)15-3-5-16(23)6-4-15)13-33-17-7-9-18(10-8-17)34(31,32)27-22-24-11-2-12-25-22/h2-12,19H,13H2,1H3,(H,24,25,27). The van der Waals surface area contributed by atoms with E-state index in [0.717, 1.165) is 5.01 Å². The fourth-order valence-electron chi connectivity index (χ4n) is 3.08. The first-order valence-corrected chi connectivity index (χ1v) is 11.8. The highest BCUT2D eigenvalue weighted by Crippen LogP contribution is 2.23. The van der Waals surface area contributed by atoms with Gasteiger partial charge in [0.2, 0.25) is 5.95 Å². The Bertz CT molecular complexity index is 1350. The Labute approximate surface area is 200 Å². The van der Waals surface area contributed by atoms with Crippen molar-refractivity contribution in [3.8, 4) is 5.75 Å². The minimum atomic E-state index is -3.88. The summed E-state index contributed by atoms with van der Waals surface area (Å²) in [5.74, 6) is -1.53. The molecule has 2 heterocycles. The lowest BCUT2D eigenvalue weighted by Gasteiger charge is -2.14. The third-order valence-corrected chi connectivity index (χ3v) is 6.49. The first kappa shape index (κ1) is 23.3. The number of ether oxygens (including phenoxy) is 1. The summed E-state index contributed by atoms with van der Waals surface area (Å²) in [5, 5.41) is 5.38. The average molecular weight is 500 g/mol. The van der Waals surface area contributed by atoms with Crippen molar-refractivity contribution in [2.24, 2.45) is 11.0 Å². The van der Waals surface area contributed by atoms with Gasteiger partial charge in [0, 0.05) is 23.0 Å². The van der Waals surface area contributed by atoms with Crippen LogP contribution in [0.3, 0.4) is 0 Å². The lowest BCUT2D eigenvalue weighted by Crippen LogP contribution is -2.35. The van der Waals surface area contributed by atoms with Crippen molar-refractivity contribution in [1.29, 1.82) is 0 Å². The molecule has 2 aromatic carbocycles. The van der Waals surface area contributed by atoms with Crippen LogP contribution in [0.25, 0.3) is 0 Å². The van der Waals surface area contributed by atoms with Crippen molar-refractivity contribution in [3.05, 3.63) is 77.6 Å². The van der Waals surface area contributed by atoms with Gasteiger partial charge in [0.15, 0.2) is 0 Å². The van der Waals surface area contributed by atoms with Crippen LogP contribution in [-0.4, -0.2) is 47.5 Å². The van der Waals surface area contributed by atoms with E-state index in [2.05, 4.69) is 19.8 Å². The highest BCUT2D eigenvalue weighted by molar-refractivity contribution is 7.92. The van der Waals surface area contributed by atoms with Crippen LogP contribution in [0, 0.1) is 5.92 Å². The quantitative estimate of drug-likeness (QED) is 0.494. The van der Waals surface area contributed by atoms with Gasteiger partial charge in [-0.2, -0.15) is 10.1 Å². The van der Waals surface area contributed by atoms with Gasteiger partial charge in [0.05, 0.1) is 10.6 Å². The number of benzene rings is 2. The minimum absolute atomic E-state index is 0.0123. The molecule has 1 aromatic heterocycles. The van der Waals surface area contributed by atoms with Gasteiger partial charge in [-0.1, -0.05) is 11.6 Å². The predicted molar refractivity (Wildman–Crippen MR) is 124 cm³/mol. The Morgan fingerprint density at radius 3 is 2.38 bits per heavy atom. The van der Waals surface area contributed by atoms with E-state index in [4.69, 9.17) is 16.3 Å². The molecule has 0 radical (unpaired) electrons. The number of halogens is 1. The molecule has 4 rings (SSSR count). The van der Waals surface area contributed by atoms with E-state index < -0.39 is 27.8 Å². The Kier molecular flexibility index (Phi) is 6.57. The molecule has 0 spiro atoms. The molecule has 1 unspecified atom stereocenters. The van der Waals surface area contributed by atoms with Gasteiger partial charge in [-0.15, -0.1) is 0 Å². The summed E-state index contributed by atoms with van der Waals surface area (Å²) >= 11 is 5.84. The first-order chi connectivity index (χ1) is 16.2. The van der Waals surface area contributed by atoms with Crippen LogP contribution in [0.2, 0.25) is 5.02 Å². The number of imide groups is 1. The zero-order valence-electron chi connectivity index (χ0n) is 17.8. The number of hydrogen-bond acceptors (Lipinski definition) is 8. The number of hydrogen-bond donors (Lipinski definition) is 1. The lowest BCUT2D eigenvalue weighted by molar-refractivity contribution is -0.129. The van der Waals surface area contributed by atoms with E-state index in [9.17, 15) is 18.0 Å². The molecule has 1 N–H and O–H groups in total. The van der Waals surface area contributed by atoms with Gasteiger partial charge in [-0.25, -0.2) is 23.1 Å². The Morgan fingerprint density at radius 1 is 1.09 bits per heavy atom. The average Bonchev–Trinajstić information content (AvgIpc) is 3.11. The molecule has 1 aliphatic heterocycles. The third-order valence-electron chi connectivity index (χ3n) is 4.89. The van der Waals surface area contributed by atoms with Crippen molar-refractivity contribution in [1.82, 2.24) is 15.0 Å². The SMILES string of the molecule is CC1=NN(C(=O)c2ccc(Cl)cc2)C(=O)C1COc1ccc(S(=O)(=O)Nc2ncccn2)cc1. The van der Waals surface area contributed by atoms with Crippen LogP contribution < -0.4 is 9.46 Å². The molecule has 2 amide bonds. The monoisotopic (exact) mass is 499 g/mol. The van der Waals surface area contributed by atoms with Gasteiger partial charge < -0.3 is 4.74 Å². The number of sulfonamides is 1. The molecule has 12 heteroatoms. The summed E-state index contributed by atoms with van der Waals surface area (Å²) in [4.78, 5) is 33.1. The summed E-state index contributed by atoms with van der Waals surface area (Å²) in [6, 6.07) is 13.3. The van der Waals surface area contributed by atoms with Gasteiger partial charge in [-0.3, -0.25) is 9.59 Å².